The molecule has 0 aromatic rings. The van der Waals surface area contributed by atoms with Gasteiger partial charge >= 0.3 is 0 Å². The molecular formula is C14H28N2. The van der Waals surface area contributed by atoms with Gasteiger partial charge in [-0.05, 0) is 49.7 Å². The third kappa shape index (κ3) is 2.98. The quantitative estimate of drug-likeness (QED) is 0.771. The normalized spacial score (nSPS) is 33.6. The predicted molar refractivity (Wildman–Crippen MR) is 69.6 cm³/mol. The summed E-state index contributed by atoms with van der Waals surface area (Å²) in [7, 11) is 0. The highest BCUT2D eigenvalue weighted by atomic mass is 15.2. The van der Waals surface area contributed by atoms with E-state index in [1.165, 1.54) is 39.0 Å². The summed E-state index contributed by atoms with van der Waals surface area (Å²) in [5.41, 5.74) is 0.611. The predicted octanol–water partition coefficient (Wildman–Crippen LogP) is 2.35. The van der Waals surface area contributed by atoms with Gasteiger partial charge < -0.3 is 5.32 Å². The molecule has 0 radical (unpaired) electrons. The first-order valence-electron chi connectivity index (χ1n) is 6.94. The SMILES string of the molecule is CC(C)CNCC1CCN(C2CC2(C)C)C1. The molecule has 0 bridgehead atoms. The van der Waals surface area contributed by atoms with Gasteiger partial charge in [0.05, 0.1) is 0 Å². The summed E-state index contributed by atoms with van der Waals surface area (Å²) in [6.07, 6.45) is 2.82. The molecule has 2 aliphatic rings. The van der Waals surface area contributed by atoms with Crippen molar-refractivity contribution in [1.82, 2.24) is 10.2 Å². The molecule has 1 N–H and O–H groups in total. The van der Waals surface area contributed by atoms with Gasteiger partial charge in [0.15, 0.2) is 0 Å². The molecule has 0 aromatic heterocycles. The molecule has 1 saturated carbocycles. The zero-order valence-electron chi connectivity index (χ0n) is 11.4. The van der Waals surface area contributed by atoms with Crippen LogP contribution in [0.3, 0.4) is 0 Å². The van der Waals surface area contributed by atoms with Gasteiger partial charge in [-0.15, -0.1) is 0 Å². The number of nitrogens with one attached hydrogen (secondary N) is 1. The summed E-state index contributed by atoms with van der Waals surface area (Å²) < 4.78 is 0. The third-order valence-electron chi connectivity index (χ3n) is 4.21. The first-order chi connectivity index (χ1) is 7.49. The Bertz CT molecular complexity index is 235. The Hall–Kier alpha value is -0.0800. The van der Waals surface area contributed by atoms with Gasteiger partial charge in [0, 0.05) is 12.6 Å². The Morgan fingerprint density at radius 2 is 2.06 bits per heavy atom. The van der Waals surface area contributed by atoms with Crippen molar-refractivity contribution in [2.45, 2.75) is 46.6 Å². The maximum absolute atomic E-state index is 3.60. The van der Waals surface area contributed by atoms with Crippen LogP contribution in [0.25, 0.3) is 0 Å². The van der Waals surface area contributed by atoms with Crippen LogP contribution >= 0.6 is 0 Å². The Kier molecular flexibility index (Phi) is 3.60. The van der Waals surface area contributed by atoms with Crippen LogP contribution in [0.1, 0.15) is 40.5 Å². The molecule has 2 heteroatoms. The van der Waals surface area contributed by atoms with E-state index in [9.17, 15) is 0 Å². The van der Waals surface area contributed by atoms with Gasteiger partial charge in [-0.3, -0.25) is 4.90 Å². The van der Waals surface area contributed by atoms with Gasteiger partial charge in [0.2, 0.25) is 0 Å². The van der Waals surface area contributed by atoms with E-state index in [4.69, 9.17) is 0 Å². The minimum absolute atomic E-state index is 0.611. The summed E-state index contributed by atoms with van der Waals surface area (Å²) in [6, 6.07) is 0.891. The van der Waals surface area contributed by atoms with Crippen LogP contribution in [0, 0.1) is 17.3 Å². The summed E-state index contributed by atoms with van der Waals surface area (Å²) in [5, 5.41) is 3.60. The number of rotatable bonds is 5. The fourth-order valence-corrected chi connectivity index (χ4v) is 2.95. The summed E-state index contributed by atoms with van der Waals surface area (Å²) in [4.78, 5) is 2.72. The van der Waals surface area contributed by atoms with Crippen molar-refractivity contribution in [2.24, 2.45) is 17.3 Å². The van der Waals surface area contributed by atoms with Crippen molar-refractivity contribution in [3.63, 3.8) is 0 Å². The highest BCUT2D eigenvalue weighted by molar-refractivity contribution is 5.04. The smallest absolute Gasteiger partial charge is 0.0153 e. The maximum Gasteiger partial charge on any atom is 0.0153 e. The minimum Gasteiger partial charge on any atom is -0.316 e. The molecule has 1 aliphatic heterocycles. The van der Waals surface area contributed by atoms with Gasteiger partial charge in [-0.2, -0.15) is 0 Å². The number of likely N-dealkylation sites (tertiary alicyclic amines) is 1. The molecule has 1 saturated heterocycles. The van der Waals surface area contributed by atoms with Crippen LogP contribution in [0.15, 0.2) is 0 Å². The fourth-order valence-electron chi connectivity index (χ4n) is 2.95. The molecule has 0 amide bonds. The van der Waals surface area contributed by atoms with Gasteiger partial charge in [-0.25, -0.2) is 0 Å². The Labute approximate surface area is 101 Å². The van der Waals surface area contributed by atoms with E-state index >= 15 is 0 Å². The van der Waals surface area contributed by atoms with Crippen molar-refractivity contribution in [1.29, 1.82) is 0 Å². The second-order valence-corrected chi connectivity index (χ2v) is 6.91. The first-order valence-corrected chi connectivity index (χ1v) is 6.94. The Morgan fingerprint density at radius 3 is 2.62 bits per heavy atom. The van der Waals surface area contributed by atoms with E-state index in [1.807, 2.05) is 0 Å². The molecule has 2 fully saturated rings. The third-order valence-corrected chi connectivity index (χ3v) is 4.21. The van der Waals surface area contributed by atoms with Gasteiger partial charge in [-0.1, -0.05) is 27.7 Å². The fraction of sp³-hybridized carbons (Fsp3) is 1.00. The largest absolute Gasteiger partial charge is 0.316 e. The summed E-state index contributed by atoms with van der Waals surface area (Å²) >= 11 is 0. The lowest BCUT2D eigenvalue weighted by molar-refractivity contribution is 0.277. The average molecular weight is 224 g/mol. The molecule has 94 valence electrons. The minimum atomic E-state index is 0.611. The second-order valence-electron chi connectivity index (χ2n) is 6.91. The number of nitrogens with zero attached hydrogens (tertiary/aromatic N) is 1. The lowest BCUT2D eigenvalue weighted by Gasteiger charge is -2.18. The summed E-state index contributed by atoms with van der Waals surface area (Å²) in [6.45, 7) is 14.4. The first kappa shape index (κ1) is 12.4. The monoisotopic (exact) mass is 224 g/mol. The van der Waals surface area contributed by atoms with E-state index in [0.29, 0.717) is 5.41 Å². The van der Waals surface area contributed by atoms with E-state index in [-0.39, 0.29) is 0 Å². The Balaban J connectivity index is 1.65. The number of hydrogen-bond donors (Lipinski definition) is 1. The summed E-state index contributed by atoms with van der Waals surface area (Å²) in [5.74, 6) is 1.68. The lowest BCUT2D eigenvalue weighted by atomic mass is 10.1. The molecule has 2 atom stereocenters. The topological polar surface area (TPSA) is 15.3 Å². The molecule has 1 heterocycles. The van der Waals surface area contributed by atoms with Crippen molar-refractivity contribution in [3.8, 4) is 0 Å². The molecule has 16 heavy (non-hydrogen) atoms. The average Bonchev–Trinajstić information content (AvgIpc) is 2.60. The zero-order chi connectivity index (χ0) is 11.8. The van der Waals surface area contributed by atoms with Crippen molar-refractivity contribution >= 4 is 0 Å². The zero-order valence-corrected chi connectivity index (χ0v) is 11.4. The lowest BCUT2D eigenvalue weighted by Crippen LogP contribution is -2.30. The van der Waals surface area contributed by atoms with Gasteiger partial charge in [0.1, 0.15) is 0 Å². The Morgan fingerprint density at radius 1 is 1.38 bits per heavy atom. The molecule has 2 unspecified atom stereocenters. The molecular weight excluding hydrogens is 196 g/mol. The van der Waals surface area contributed by atoms with E-state index in [2.05, 4.69) is 37.9 Å². The van der Waals surface area contributed by atoms with Crippen molar-refractivity contribution < 1.29 is 0 Å². The van der Waals surface area contributed by atoms with Crippen LogP contribution in [0.2, 0.25) is 0 Å². The van der Waals surface area contributed by atoms with E-state index in [1.54, 1.807) is 0 Å². The molecule has 2 rings (SSSR count). The maximum atomic E-state index is 3.60. The standard InChI is InChI=1S/C14H28N2/c1-11(2)8-15-9-12-5-6-16(10-12)13-7-14(13,3)4/h11-13,15H,5-10H2,1-4H3. The number of hydrogen-bond acceptors (Lipinski definition) is 2. The van der Waals surface area contributed by atoms with E-state index in [0.717, 1.165) is 17.9 Å². The van der Waals surface area contributed by atoms with Crippen LogP contribution in [0.4, 0.5) is 0 Å². The molecule has 1 aliphatic carbocycles. The molecule has 0 aromatic carbocycles. The van der Waals surface area contributed by atoms with Crippen molar-refractivity contribution in [3.05, 3.63) is 0 Å². The van der Waals surface area contributed by atoms with Gasteiger partial charge in [0.25, 0.3) is 0 Å². The second kappa shape index (κ2) is 4.66. The highest BCUT2D eigenvalue weighted by Crippen LogP contribution is 2.49. The highest BCUT2D eigenvalue weighted by Gasteiger charge is 2.50. The van der Waals surface area contributed by atoms with Crippen LogP contribution < -0.4 is 5.32 Å². The van der Waals surface area contributed by atoms with Crippen LogP contribution in [-0.4, -0.2) is 37.1 Å². The van der Waals surface area contributed by atoms with Crippen LogP contribution in [-0.2, 0) is 0 Å². The van der Waals surface area contributed by atoms with Crippen molar-refractivity contribution in [2.75, 3.05) is 26.2 Å². The van der Waals surface area contributed by atoms with E-state index < -0.39 is 0 Å². The van der Waals surface area contributed by atoms with Crippen LogP contribution in [0.5, 0.6) is 0 Å². The molecule has 0 spiro atoms. The molecule has 2 nitrogen and oxygen atoms in total.